The summed E-state index contributed by atoms with van der Waals surface area (Å²) in [7, 11) is 0. The van der Waals surface area contributed by atoms with Crippen LogP contribution < -0.4 is 26.4 Å². The van der Waals surface area contributed by atoms with Gasteiger partial charge in [0.25, 0.3) is 5.91 Å². The Morgan fingerprint density at radius 3 is 2.50 bits per heavy atom. The van der Waals surface area contributed by atoms with Crippen molar-refractivity contribution in [1.29, 1.82) is 0 Å². The summed E-state index contributed by atoms with van der Waals surface area (Å²) in [6, 6.07) is 1.14. The number of anilines is 2. The van der Waals surface area contributed by atoms with E-state index in [2.05, 4.69) is 0 Å². The van der Waals surface area contributed by atoms with E-state index in [4.69, 9.17) is 15.4 Å². The summed E-state index contributed by atoms with van der Waals surface area (Å²) in [5.41, 5.74) is 1.37. The second kappa shape index (κ2) is 9.86. The van der Waals surface area contributed by atoms with E-state index in [1.165, 1.54) is 4.90 Å². The molecule has 0 aromatic heterocycles. The third-order valence-corrected chi connectivity index (χ3v) is 4.74. The van der Waals surface area contributed by atoms with Gasteiger partial charge >= 0.3 is 18.5 Å². The molecule has 0 saturated carbocycles. The lowest BCUT2D eigenvalue weighted by Gasteiger charge is -2.24. The van der Waals surface area contributed by atoms with E-state index in [0.717, 1.165) is 22.1 Å². The maximum Gasteiger partial charge on any atom is 0.414 e. The molecule has 2 fully saturated rings. The summed E-state index contributed by atoms with van der Waals surface area (Å²) < 4.78 is 59.1. The van der Waals surface area contributed by atoms with Crippen molar-refractivity contribution in [3.8, 4) is 0 Å². The van der Waals surface area contributed by atoms with Crippen molar-refractivity contribution < 1.29 is 41.5 Å². The van der Waals surface area contributed by atoms with Crippen LogP contribution in [0.1, 0.15) is 0 Å². The minimum Gasteiger partial charge on any atom is -0.442 e. The molecule has 15 heteroatoms. The molecule has 1 unspecified atom stereocenters. The van der Waals surface area contributed by atoms with Crippen LogP contribution in [-0.4, -0.2) is 75.0 Å². The monoisotopic (exact) mass is 464 g/mol. The van der Waals surface area contributed by atoms with E-state index in [1.54, 1.807) is 0 Å². The molecule has 1 aromatic carbocycles. The summed E-state index contributed by atoms with van der Waals surface area (Å²) >= 11 is 0. The van der Waals surface area contributed by atoms with E-state index in [9.17, 15) is 31.9 Å². The van der Waals surface area contributed by atoms with Crippen molar-refractivity contribution in [2.75, 3.05) is 49.1 Å². The molecule has 3 rings (SSSR count). The normalized spacial score (nSPS) is 19.1. The summed E-state index contributed by atoms with van der Waals surface area (Å²) in [6.07, 6.45) is -5.14. The van der Waals surface area contributed by atoms with Crippen molar-refractivity contribution in [2.45, 2.75) is 12.5 Å². The van der Waals surface area contributed by atoms with Crippen molar-refractivity contribution in [3.63, 3.8) is 0 Å². The lowest BCUT2D eigenvalue weighted by atomic mass is 10.2. The zero-order valence-electron chi connectivity index (χ0n) is 16.5. The zero-order chi connectivity index (χ0) is 23.4. The molecule has 32 heavy (non-hydrogen) atoms. The number of hydroxylamine groups is 2. The van der Waals surface area contributed by atoms with Gasteiger partial charge in [0.2, 0.25) is 0 Å². The Labute approximate surface area is 178 Å². The average molecular weight is 464 g/mol. The van der Waals surface area contributed by atoms with Crippen LogP contribution in [0.4, 0.5) is 38.5 Å². The van der Waals surface area contributed by atoms with Crippen LogP contribution in [0.5, 0.6) is 0 Å². The number of benzene rings is 1. The smallest absolute Gasteiger partial charge is 0.414 e. The first-order valence-electron chi connectivity index (χ1n) is 9.40. The molecule has 0 spiro atoms. The van der Waals surface area contributed by atoms with Gasteiger partial charge in [-0.2, -0.15) is 8.78 Å². The van der Waals surface area contributed by atoms with Crippen LogP contribution in [-0.2, 0) is 14.4 Å². The average Bonchev–Trinajstić information content (AvgIpc) is 2.95. The summed E-state index contributed by atoms with van der Waals surface area (Å²) in [5, 5.41) is 2.84. The van der Waals surface area contributed by atoms with Crippen molar-refractivity contribution in [2.24, 2.45) is 5.84 Å². The van der Waals surface area contributed by atoms with E-state index in [-0.39, 0.29) is 50.7 Å². The minimum absolute atomic E-state index is 0.0197. The van der Waals surface area contributed by atoms with Crippen LogP contribution in [0.2, 0.25) is 0 Å². The second-order valence-electron chi connectivity index (χ2n) is 6.79. The lowest BCUT2D eigenvalue weighted by molar-refractivity contribution is -0.132. The number of nitrogens with two attached hydrogens (primary N) is 1. The van der Waals surface area contributed by atoms with Crippen LogP contribution in [0, 0.1) is 11.6 Å². The van der Waals surface area contributed by atoms with E-state index < -0.39 is 42.2 Å². The van der Waals surface area contributed by atoms with Crippen LogP contribution in [0.25, 0.3) is 0 Å². The molecule has 176 valence electrons. The number of nitrogens with one attached hydrogen (secondary N) is 2. The highest BCUT2D eigenvalue weighted by atomic mass is 19.3. The maximum atomic E-state index is 14.8. The van der Waals surface area contributed by atoms with Gasteiger partial charge in [-0.05, 0) is 0 Å². The number of hydrazine groups is 1. The first-order chi connectivity index (χ1) is 15.2. The topological polar surface area (TPSA) is 129 Å². The first-order valence-corrected chi connectivity index (χ1v) is 9.40. The van der Waals surface area contributed by atoms with Crippen LogP contribution in [0.3, 0.4) is 0 Å². The van der Waals surface area contributed by atoms with E-state index in [0.29, 0.717) is 0 Å². The molecular weight excluding hydrogens is 444 g/mol. The Morgan fingerprint density at radius 1 is 1.19 bits per heavy atom. The molecule has 2 aliphatic rings. The number of nitrogens with zero attached hydrogens (tertiary/aromatic N) is 3. The molecule has 0 bridgehead atoms. The van der Waals surface area contributed by atoms with Crippen molar-refractivity contribution in [3.05, 3.63) is 23.8 Å². The Balaban J connectivity index is 1.70. The number of hydrogen-bond donors (Lipinski definition) is 3. The first kappa shape index (κ1) is 23.3. The highest BCUT2D eigenvalue weighted by Gasteiger charge is 2.34. The molecule has 4 N–H and O–H groups in total. The predicted molar refractivity (Wildman–Crippen MR) is 101 cm³/mol. The van der Waals surface area contributed by atoms with Gasteiger partial charge in [-0.15, -0.1) is 0 Å². The van der Waals surface area contributed by atoms with Gasteiger partial charge in [0.05, 0.1) is 31.9 Å². The van der Waals surface area contributed by atoms with Crippen LogP contribution in [0.15, 0.2) is 12.1 Å². The Bertz CT molecular complexity index is 868. The number of hydrogen-bond acceptors (Lipinski definition) is 7. The maximum absolute atomic E-state index is 14.8. The molecule has 4 amide bonds. The van der Waals surface area contributed by atoms with Gasteiger partial charge in [0.15, 0.2) is 11.6 Å². The molecule has 11 nitrogen and oxygen atoms in total. The number of urea groups is 1. The summed E-state index contributed by atoms with van der Waals surface area (Å²) in [4.78, 5) is 42.0. The predicted octanol–water partition coefficient (Wildman–Crippen LogP) is 0.308. The van der Waals surface area contributed by atoms with E-state index in [1.807, 2.05) is 10.7 Å². The third kappa shape index (κ3) is 5.11. The Hall–Kier alpha value is -3.33. The van der Waals surface area contributed by atoms with Crippen LogP contribution >= 0.6 is 0 Å². The molecule has 0 aliphatic carbocycles. The molecule has 0 radical (unpaired) electrons. The van der Waals surface area contributed by atoms with Gasteiger partial charge in [-0.1, -0.05) is 0 Å². The fraction of sp³-hybridized carbons (Fsp3) is 0.471. The molecular formula is C17H20F4N6O5. The highest BCUT2D eigenvalue weighted by molar-refractivity contribution is 5.90. The molecule has 2 heterocycles. The van der Waals surface area contributed by atoms with Crippen molar-refractivity contribution in [1.82, 2.24) is 15.8 Å². The minimum atomic E-state index is -3.22. The molecule has 1 atom stereocenters. The highest BCUT2D eigenvalue weighted by Crippen LogP contribution is 2.31. The fourth-order valence-corrected chi connectivity index (χ4v) is 3.25. The number of cyclic esters (lactones) is 1. The summed E-state index contributed by atoms with van der Waals surface area (Å²) in [5.74, 6) is 1.57. The third-order valence-electron chi connectivity index (χ3n) is 4.74. The Morgan fingerprint density at radius 2 is 1.88 bits per heavy atom. The number of amides is 4. The largest absolute Gasteiger partial charge is 0.442 e. The zero-order valence-corrected chi connectivity index (χ0v) is 16.5. The molecule has 1 aromatic rings. The number of carbonyl (C=O) groups excluding carboxylic acids is 3. The number of alkyl halides is 2. The number of ether oxygens (including phenoxy) is 1. The SMILES string of the molecule is NNC(=O)N1CCN(c2c(F)cc(N3CC(CNC(=O)C(F)F)OC3=O)cc2F)CCO1. The standard InChI is InChI=1S/C17H20F4N6O5/c18-11-5-9(26-8-10(32-17(26)30)7-23-15(28)14(20)21)6-12(19)13(11)25-1-2-27(16(29)24-22)31-4-3-25/h5-6,10,14H,1-4,7-8,22H2,(H,23,28)(H,24,29). The van der Waals surface area contributed by atoms with Crippen molar-refractivity contribution >= 4 is 29.4 Å². The second-order valence-corrected chi connectivity index (χ2v) is 6.79. The Kier molecular flexibility index (Phi) is 7.19. The van der Waals surface area contributed by atoms with Gasteiger partial charge in [0.1, 0.15) is 11.8 Å². The van der Waals surface area contributed by atoms with Gasteiger partial charge in [-0.3, -0.25) is 20.0 Å². The van der Waals surface area contributed by atoms with Gasteiger partial charge in [0, 0.05) is 25.2 Å². The quantitative estimate of drug-likeness (QED) is 0.248. The van der Waals surface area contributed by atoms with Gasteiger partial charge in [-0.25, -0.2) is 29.3 Å². The van der Waals surface area contributed by atoms with Gasteiger partial charge < -0.3 is 15.0 Å². The number of rotatable bonds is 5. The molecule has 2 aliphatic heterocycles. The molecule has 2 saturated heterocycles. The number of carbonyl (C=O) groups is 3. The lowest BCUT2D eigenvalue weighted by Crippen LogP contribution is -2.44. The van der Waals surface area contributed by atoms with E-state index >= 15 is 0 Å². The number of halogens is 4. The fourth-order valence-electron chi connectivity index (χ4n) is 3.25. The summed E-state index contributed by atoms with van der Waals surface area (Å²) in [6.45, 7) is -0.541.